The molecule has 3 amide bonds. The molecule has 0 radical (unpaired) electrons. The van der Waals surface area contributed by atoms with Crippen molar-refractivity contribution < 1.29 is 14.4 Å². The van der Waals surface area contributed by atoms with E-state index in [-0.39, 0.29) is 43.8 Å². The molecule has 0 aromatic carbocycles. The maximum atomic E-state index is 11.6. The second kappa shape index (κ2) is 9.41. The molecular formula is C11H22N4O3. The van der Waals surface area contributed by atoms with Gasteiger partial charge in [-0.25, -0.2) is 0 Å². The maximum Gasteiger partial charge on any atom is 0.239 e. The Bertz CT molecular complexity index is 290. The third kappa shape index (κ3) is 6.85. The quantitative estimate of drug-likeness (QED) is 0.489. The number of carbonyl (C=O) groups is 3. The van der Waals surface area contributed by atoms with E-state index < -0.39 is 0 Å². The molecule has 0 saturated carbocycles. The van der Waals surface area contributed by atoms with Gasteiger partial charge in [0.2, 0.25) is 17.7 Å². The summed E-state index contributed by atoms with van der Waals surface area (Å²) >= 11 is 0. The van der Waals surface area contributed by atoms with Gasteiger partial charge in [-0.1, -0.05) is 0 Å². The van der Waals surface area contributed by atoms with E-state index in [1.165, 1.54) is 0 Å². The van der Waals surface area contributed by atoms with Gasteiger partial charge in [0.05, 0.1) is 13.1 Å². The first-order valence-electron chi connectivity index (χ1n) is 6.06. The molecule has 4 N–H and O–H groups in total. The van der Waals surface area contributed by atoms with Crippen LogP contribution >= 0.6 is 0 Å². The van der Waals surface area contributed by atoms with E-state index in [4.69, 9.17) is 5.73 Å². The highest BCUT2D eigenvalue weighted by molar-refractivity contribution is 5.85. The van der Waals surface area contributed by atoms with Gasteiger partial charge in [0.1, 0.15) is 0 Å². The number of carbonyl (C=O) groups excluding carboxylic acids is 3. The predicted molar refractivity (Wildman–Crippen MR) is 67.6 cm³/mol. The largest absolute Gasteiger partial charge is 0.354 e. The van der Waals surface area contributed by atoms with Gasteiger partial charge in [0.15, 0.2) is 0 Å². The Morgan fingerprint density at radius 3 is 2.17 bits per heavy atom. The lowest BCUT2D eigenvalue weighted by Crippen LogP contribution is -2.40. The Morgan fingerprint density at radius 2 is 1.67 bits per heavy atom. The number of hydrogen-bond acceptors (Lipinski definition) is 4. The first-order valence-corrected chi connectivity index (χ1v) is 6.06. The van der Waals surface area contributed by atoms with Crippen molar-refractivity contribution in [2.75, 3.05) is 32.7 Å². The van der Waals surface area contributed by atoms with E-state index in [2.05, 4.69) is 10.6 Å². The highest BCUT2D eigenvalue weighted by atomic mass is 16.2. The minimum Gasteiger partial charge on any atom is -0.354 e. The fourth-order valence-electron chi connectivity index (χ4n) is 1.36. The van der Waals surface area contributed by atoms with Gasteiger partial charge in [-0.2, -0.15) is 0 Å². The predicted octanol–water partition coefficient (Wildman–Crippen LogP) is -1.56. The Balaban J connectivity index is 3.74. The summed E-state index contributed by atoms with van der Waals surface area (Å²) in [7, 11) is 0. The number of nitrogens with two attached hydrogens (primary N) is 1. The molecule has 0 aliphatic heterocycles. The number of hydrogen-bond donors (Lipinski definition) is 3. The highest BCUT2D eigenvalue weighted by Crippen LogP contribution is 1.92. The van der Waals surface area contributed by atoms with Gasteiger partial charge in [-0.15, -0.1) is 0 Å². The Hall–Kier alpha value is -1.63. The van der Waals surface area contributed by atoms with Crippen LogP contribution in [-0.2, 0) is 14.4 Å². The van der Waals surface area contributed by atoms with Crippen LogP contribution in [0.3, 0.4) is 0 Å². The van der Waals surface area contributed by atoms with Crippen LogP contribution in [0.5, 0.6) is 0 Å². The molecule has 104 valence electrons. The van der Waals surface area contributed by atoms with Crippen LogP contribution in [0.4, 0.5) is 0 Å². The summed E-state index contributed by atoms with van der Waals surface area (Å²) in [5, 5.41) is 4.90. The van der Waals surface area contributed by atoms with Gasteiger partial charge in [-0.05, 0) is 13.8 Å². The van der Waals surface area contributed by atoms with Crippen molar-refractivity contribution in [2.45, 2.75) is 20.3 Å². The number of rotatable bonds is 8. The van der Waals surface area contributed by atoms with Crippen LogP contribution < -0.4 is 16.4 Å². The van der Waals surface area contributed by atoms with E-state index in [1.54, 1.807) is 4.90 Å². The molecule has 0 rings (SSSR count). The zero-order chi connectivity index (χ0) is 14.0. The molecule has 0 fully saturated rings. The van der Waals surface area contributed by atoms with Crippen LogP contribution in [0.25, 0.3) is 0 Å². The fraction of sp³-hybridized carbons (Fsp3) is 0.727. The topological polar surface area (TPSA) is 105 Å². The molecule has 18 heavy (non-hydrogen) atoms. The van der Waals surface area contributed by atoms with E-state index in [0.717, 1.165) is 0 Å². The van der Waals surface area contributed by atoms with Gasteiger partial charge < -0.3 is 21.3 Å². The third-order valence-corrected chi connectivity index (χ3v) is 2.41. The van der Waals surface area contributed by atoms with Gasteiger partial charge in [0, 0.05) is 26.1 Å². The van der Waals surface area contributed by atoms with E-state index >= 15 is 0 Å². The molecule has 0 aliphatic rings. The van der Waals surface area contributed by atoms with Crippen LogP contribution in [0.1, 0.15) is 20.3 Å². The lowest BCUT2D eigenvalue weighted by atomic mass is 10.3. The monoisotopic (exact) mass is 258 g/mol. The minimum absolute atomic E-state index is 0.00583. The lowest BCUT2D eigenvalue weighted by molar-refractivity contribution is -0.131. The van der Waals surface area contributed by atoms with Crippen molar-refractivity contribution >= 4 is 17.7 Å². The molecule has 0 spiro atoms. The molecule has 0 atom stereocenters. The van der Waals surface area contributed by atoms with Crippen molar-refractivity contribution in [1.29, 1.82) is 0 Å². The summed E-state index contributed by atoms with van der Waals surface area (Å²) < 4.78 is 0. The molecule has 0 aromatic rings. The van der Waals surface area contributed by atoms with Crippen LogP contribution in [0.2, 0.25) is 0 Å². The molecule has 7 heteroatoms. The average molecular weight is 258 g/mol. The second-order valence-electron chi connectivity index (χ2n) is 3.65. The summed E-state index contributed by atoms with van der Waals surface area (Å²) in [6, 6.07) is 0. The van der Waals surface area contributed by atoms with Crippen molar-refractivity contribution in [2.24, 2.45) is 5.73 Å². The van der Waals surface area contributed by atoms with Crippen molar-refractivity contribution in [3.8, 4) is 0 Å². The standard InChI is InChI=1S/C11H22N4O3/c1-3-15(4-2)11(18)5-6-13-10(17)8-14-9(16)7-12/h3-8,12H2,1-2H3,(H,13,17)(H,14,16). The Labute approximate surface area is 107 Å². The highest BCUT2D eigenvalue weighted by Gasteiger charge is 2.09. The zero-order valence-corrected chi connectivity index (χ0v) is 11.0. The number of amides is 3. The zero-order valence-electron chi connectivity index (χ0n) is 11.0. The van der Waals surface area contributed by atoms with Crippen LogP contribution in [-0.4, -0.2) is 55.3 Å². The molecule has 0 aromatic heterocycles. The second-order valence-corrected chi connectivity index (χ2v) is 3.65. The summed E-state index contributed by atoms with van der Waals surface area (Å²) in [4.78, 5) is 35.3. The Morgan fingerprint density at radius 1 is 1.06 bits per heavy atom. The Kier molecular flexibility index (Phi) is 8.55. The first-order chi connectivity index (χ1) is 8.54. The maximum absolute atomic E-state index is 11.6. The normalized spacial score (nSPS) is 9.72. The van der Waals surface area contributed by atoms with E-state index in [0.29, 0.717) is 13.1 Å². The summed E-state index contributed by atoms with van der Waals surface area (Å²) in [5.74, 6) is -0.709. The van der Waals surface area contributed by atoms with E-state index in [9.17, 15) is 14.4 Å². The van der Waals surface area contributed by atoms with Gasteiger partial charge >= 0.3 is 0 Å². The minimum atomic E-state index is -0.385. The molecule has 0 unspecified atom stereocenters. The summed E-state index contributed by atoms with van der Waals surface area (Å²) in [6.45, 7) is 5.15. The molecular weight excluding hydrogens is 236 g/mol. The van der Waals surface area contributed by atoms with E-state index in [1.807, 2.05) is 13.8 Å². The number of nitrogens with zero attached hydrogens (tertiary/aromatic N) is 1. The number of nitrogens with one attached hydrogen (secondary N) is 2. The lowest BCUT2D eigenvalue weighted by Gasteiger charge is -2.18. The first kappa shape index (κ1) is 16.4. The smallest absolute Gasteiger partial charge is 0.239 e. The SMILES string of the molecule is CCN(CC)C(=O)CCNC(=O)CNC(=O)CN. The molecule has 7 nitrogen and oxygen atoms in total. The van der Waals surface area contributed by atoms with Crippen molar-refractivity contribution in [3.05, 3.63) is 0 Å². The summed E-state index contributed by atoms with van der Waals surface area (Å²) in [6.07, 6.45) is 0.262. The van der Waals surface area contributed by atoms with Crippen molar-refractivity contribution in [3.63, 3.8) is 0 Å². The van der Waals surface area contributed by atoms with Crippen LogP contribution in [0, 0.1) is 0 Å². The molecule has 0 heterocycles. The fourth-order valence-corrected chi connectivity index (χ4v) is 1.36. The molecule has 0 aliphatic carbocycles. The third-order valence-electron chi connectivity index (χ3n) is 2.41. The van der Waals surface area contributed by atoms with Gasteiger partial charge in [0.25, 0.3) is 0 Å². The summed E-state index contributed by atoms with van der Waals surface area (Å²) in [5.41, 5.74) is 5.07. The molecule has 0 bridgehead atoms. The van der Waals surface area contributed by atoms with Crippen LogP contribution in [0.15, 0.2) is 0 Å². The average Bonchev–Trinajstić information content (AvgIpc) is 2.37. The molecule has 0 saturated heterocycles. The van der Waals surface area contributed by atoms with Gasteiger partial charge in [-0.3, -0.25) is 14.4 Å². The van der Waals surface area contributed by atoms with Crippen molar-refractivity contribution in [1.82, 2.24) is 15.5 Å².